The largest absolute Gasteiger partial charge is 0.490 e. The topological polar surface area (TPSA) is 44.8 Å². The molecule has 2 rings (SSSR count). The highest BCUT2D eigenvalue weighted by molar-refractivity contribution is 5.81. The number of rotatable bonds is 10. The van der Waals surface area contributed by atoms with Crippen LogP contribution in [-0.2, 0) is 22.4 Å². The SMILES string of the molecule is C=CC(=O)OC(COc1ccc(CC)cc1)COc1ccc(CC)cc1. The average Bonchev–Trinajstić information content (AvgIpc) is 2.70. The number of hydrogen-bond donors (Lipinski definition) is 0. The molecule has 0 spiro atoms. The highest BCUT2D eigenvalue weighted by atomic mass is 16.6. The third kappa shape index (κ3) is 6.28. The van der Waals surface area contributed by atoms with Gasteiger partial charge in [-0.15, -0.1) is 0 Å². The van der Waals surface area contributed by atoms with Crippen molar-refractivity contribution in [2.75, 3.05) is 13.2 Å². The molecule has 0 heterocycles. The Bertz CT molecular complexity index is 638. The fourth-order valence-corrected chi connectivity index (χ4v) is 2.35. The molecule has 0 N–H and O–H groups in total. The van der Waals surface area contributed by atoms with Crippen molar-refractivity contribution in [3.05, 3.63) is 72.3 Å². The first-order valence-corrected chi connectivity index (χ1v) is 8.91. The van der Waals surface area contributed by atoms with Crippen molar-refractivity contribution >= 4 is 5.97 Å². The lowest BCUT2D eigenvalue weighted by atomic mass is 10.2. The second kappa shape index (κ2) is 10.3. The molecule has 0 aliphatic carbocycles. The van der Waals surface area contributed by atoms with Gasteiger partial charge in [-0.3, -0.25) is 0 Å². The zero-order valence-corrected chi connectivity index (χ0v) is 15.4. The van der Waals surface area contributed by atoms with E-state index in [-0.39, 0.29) is 13.2 Å². The van der Waals surface area contributed by atoms with Crippen molar-refractivity contribution in [2.45, 2.75) is 32.8 Å². The number of hydrogen-bond acceptors (Lipinski definition) is 4. The Morgan fingerprint density at radius 2 is 1.31 bits per heavy atom. The Kier molecular flexibility index (Phi) is 7.75. The van der Waals surface area contributed by atoms with Gasteiger partial charge in [0.2, 0.25) is 0 Å². The highest BCUT2D eigenvalue weighted by Gasteiger charge is 2.15. The molecule has 4 nitrogen and oxygen atoms in total. The molecular formula is C22H26O4. The van der Waals surface area contributed by atoms with Crippen molar-refractivity contribution < 1.29 is 19.0 Å². The van der Waals surface area contributed by atoms with Gasteiger partial charge in [0.15, 0.2) is 6.10 Å². The molecule has 0 aliphatic heterocycles. The second-order valence-electron chi connectivity index (χ2n) is 5.88. The summed E-state index contributed by atoms with van der Waals surface area (Å²) in [7, 11) is 0. The van der Waals surface area contributed by atoms with Gasteiger partial charge in [0.05, 0.1) is 0 Å². The van der Waals surface area contributed by atoms with Crippen molar-refractivity contribution in [3.8, 4) is 11.5 Å². The van der Waals surface area contributed by atoms with E-state index in [9.17, 15) is 4.79 Å². The fourth-order valence-electron chi connectivity index (χ4n) is 2.35. The van der Waals surface area contributed by atoms with Crippen LogP contribution in [0.4, 0.5) is 0 Å². The van der Waals surface area contributed by atoms with Crippen LogP contribution in [0.25, 0.3) is 0 Å². The van der Waals surface area contributed by atoms with E-state index >= 15 is 0 Å². The molecule has 4 heteroatoms. The number of esters is 1. The van der Waals surface area contributed by atoms with Crippen LogP contribution in [0, 0.1) is 0 Å². The van der Waals surface area contributed by atoms with Gasteiger partial charge in [-0.1, -0.05) is 44.7 Å². The summed E-state index contributed by atoms with van der Waals surface area (Å²) in [6.45, 7) is 8.05. The molecule has 0 saturated carbocycles. The highest BCUT2D eigenvalue weighted by Crippen LogP contribution is 2.15. The van der Waals surface area contributed by atoms with E-state index in [1.165, 1.54) is 11.1 Å². The minimum Gasteiger partial charge on any atom is -0.490 e. The van der Waals surface area contributed by atoms with Crippen LogP contribution < -0.4 is 9.47 Å². The Morgan fingerprint density at radius 3 is 1.65 bits per heavy atom. The maximum Gasteiger partial charge on any atom is 0.330 e. The van der Waals surface area contributed by atoms with Crippen LogP contribution >= 0.6 is 0 Å². The van der Waals surface area contributed by atoms with E-state index in [0.717, 1.165) is 30.4 Å². The van der Waals surface area contributed by atoms with Gasteiger partial charge in [-0.05, 0) is 48.2 Å². The summed E-state index contributed by atoms with van der Waals surface area (Å²) < 4.78 is 16.8. The monoisotopic (exact) mass is 354 g/mol. The van der Waals surface area contributed by atoms with Crippen LogP contribution in [0.1, 0.15) is 25.0 Å². The second-order valence-corrected chi connectivity index (χ2v) is 5.88. The van der Waals surface area contributed by atoms with E-state index < -0.39 is 12.1 Å². The third-order valence-electron chi connectivity index (χ3n) is 3.98. The number of aryl methyl sites for hydroxylation is 2. The standard InChI is InChI=1S/C22H26O4/c1-4-17-7-11-19(12-8-17)24-15-21(26-22(23)6-3)16-25-20-13-9-18(5-2)10-14-20/h6-14,21H,3-5,15-16H2,1-2H3. The predicted molar refractivity (Wildman–Crippen MR) is 103 cm³/mol. The van der Waals surface area contributed by atoms with Gasteiger partial charge in [0.1, 0.15) is 24.7 Å². The lowest BCUT2D eigenvalue weighted by molar-refractivity contribution is -0.146. The van der Waals surface area contributed by atoms with Gasteiger partial charge < -0.3 is 14.2 Å². The Labute approximate surface area is 155 Å². The Balaban J connectivity index is 1.92. The van der Waals surface area contributed by atoms with Crippen LogP contribution in [0.5, 0.6) is 11.5 Å². The van der Waals surface area contributed by atoms with Crippen molar-refractivity contribution in [3.63, 3.8) is 0 Å². The zero-order valence-electron chi connectivity index (χ0n) is 15.4. The zero-order chi connectivity index (χ0) is 18.8. The van der Waals surface area contributed by atoms with E-state index in [1.807, 2.05) is 48.5 Å². The van der Waals surface area contributed by atoms with Gasteiger partial charge >= 0.3 is 5.97 Å². The molecule has 0 aromatic heterocycles. The van der Waals surface area contributed by atoms with Crippen molar-refractivity contribution in [1.29, 1.82) is 0 Å². The summed E-state index contributed by atoms with van der Waals surface area (Å²) in [6.07, 6.45) is 2.56. The number of carbonyl (C=O) groups is 1. The van der Waals surface area contributed by atoms with Gasteiger partial charge in [-0.25, -0.2) is 4.79 Å². The predicted octanol–water partition coefficient (Wildman–Crippen LogP) is 4.37. The molecule has 0 unspecified atom stereocenters. The molecule has 2 aromatic carbocycles. The Morgan fingerprint density at radius 1 is 0.885 bits per heavy atom. The molecule has 0 radical (unpaired) electrons. The molecule has 0 aliphatic rings. The molecule has 2 aromatic rings. The van der Waals surface area contributed by atoms with Crippen LogP contribution in [0.15, 0.2) is 61.2 Å². The summed E-state index contributed by atoms with van der Waals surface area (Å²) in [6, 6.07) is 15.7. The van der Waals surface area contributed by atoms with Crippen LogP contribution in [-0.4, -0.2) is 25.3 Å². The van der Waals surface area contributed by atoms with Crippen LogP contribution in [0.2, 0.25) is 0 Å². The summed E-state index contributed by atoms with van der Waals surface area (Å²) in [5.74, 6) is 0.966. The van der Waals surface area contributed by atoms with Crippen LogP contribution in [0.3, 0.4) is 0 Å². The normalized spacial score (nSPS) is 10.4. The minimum absolute atomic E-state index is 0.206. The number of carbonyl (C=O) groups excluding carboxylic acids is 1. The van der Waals surface area contributed by atoms with E-state index in [1.54, 1.807) is 0 Å². The summed E-state index contributed by atoms with van der Waals surface area (Å²) in [5, 5.41) is 0. The molecule has 0 atom stereocenters. The lowest BCUT2D eigenvalue weighted by Gasteiger charge is -2.18. The molecule has 26 heavy (non-hydrogen) atoms. The average molecular weight is 354 g/mol. The van der Waals surface area contributed by atoms with Gasteiger partial charge in [0.25, 0.3) is 0 Å². The molecule has 0 bridgehead atoms. The number of benzene rings is 2. The van der Waals surface area contributed by atoms with E-state index in [4.69, 9.17) is 14.2 Å². The fraction of sp³-hybridized carbons (Fsp3) is 0.318. The third-order valence-corrected chi connectivity index (χ3v) is 3.98. The first-order valence-electron chi connectivity index (χ1n) is 8.91. The first-order chi connectivity index (χ1) is 12.6. The number of ether oxygens (including phenoxy) is 3. The van der Waals surface area contributed by atoms with E-state index in [0.29, 0.717) is 0 Å². The quantitative estimate of drug-likeness (QED) is 0.469. The van der Waals surface area contributed by atoms with Crippen molar-refractivity contribution in [1.82, 2.24) is 0 Å². The van der Waals surface area contributed by atoms with Crippen molar-refractivity contribution in [2.24, 2.45) is 0 Å². The maximum absolute atomic E-state index is 11.6. The Hall–Kier alpha value is -2.75. The molecule has 0 amide bonds. The van der Waals surface area contributed by atoms with Gasteiger partial charge in [0, 0.05) is 6.08 Å². The molecule has 138 valence electrons. The summed E-state index contributed by atoms with van der Waals surface area (Å²) >= 11 is 0. The van der Waals surface area contributed by atoms with Gasteiger partial charge in [-0.2, -0.15) is 0 Å². The summed E-state index contributed by atoms with van der Waals surface area (Å²) in [5.41, 5.74) is 2.48. The summed E-state index contributed by atoms with van der Waals surface area (Å²) in [4.78, 5) is 11.6. The minimum atomic E-state index is -0.530. The molecule has 0 saturated heterocycles. The maximum atomic E-state index is 11.6. The molecule has 0 fully saturated rings. The smallest absolute Gasteiger partial charge is 0.330 e. The van der Waals surface area contributed by atoms with E-state index in [2.05, 4.69) is 20.4 Å². The molecular weight excluding hydrogens is 328 g/mol. The first kappa shape index (κ1) is 19.6. The lowest BCUT2D eigenvalue weighted by Crippen LogP contribution is -2.30.